The summed E-state index contributed by atoms with van der Waals surface area (Å²) in [5, 5.41) is 0. The molecule has 0 aromatic heterocycles. The second kappa shape index (κ2) is 2.72. The average molecular weight is 239 g/mol. The molecule has 1 fully saturated rings. The van der Waals surface area contributed by atoms with Crippen LogP contribution in [-0.2, 0) is 22.3 Å². The lowest BCUT2D eigenvalue weighted by Crippen LogP contribution is -2.15. The molecule has 2 atom stereocenters. The smallest absolute Gasteiger partial charge is 0.312 e. The fourth-order valence-electron chi connectivity index (χ4n) is 0.491. The van der Waals surface area contributed by atoms with Gasteiger partial charge in [0.25, 0.3) is 0 Å². The van der Waals surface area contributed by atoms with Crippen molar-refractivity contribution in [1.82, 2.24) is 4.86 Å². The van der Waals surface area contributed by atoms with E-state index in [1.54, 1.807) is 0 Å². The van der Waals surface area contributed by atoms with Crippen LogP contribution in [0.1, 0.15) is 0 Å². The molecule has 0 amide bonds. The Morgan fingerprint density at radius 2 is 1.25 bits per heavy atom. The monoisotopic (exact) mass is 239 g/mol. The van der Waals surface area contributed by atoms with Crippen LogP contribution in [0.15, 0.2) is 0 Å². The van der Waals surface area contributed by atoms with Crippen LogP contribution in [0.3, 0.4) is 0 Å². The highest BCUT2D eigenvalue weighted by Crippen LogP contribution is 2.73. The van der Waals surface area contributed by atoms with Gasteiger partial charge in [-0.15, -0.1) is 4.86 Å². The highest BCUT2D eigenvalue weighted by Gasteiger charge is 2.50. The normalized spacial score (nSPS) is 55.2. The molecular formula is H4NO8P3. The number of hydrogen-bond donors (Lipinski definition) is 4. The van der Waals surface area contributed by atoms with Crippen LogP contribution in [0.25, 0.3) is 0 Å². The molecule has 1 aliphatic heterocycles. The molecule has 1 rings (SSSR count). The van der Waals surface area contributed by atoms with Gasteiger partial charge in [0, 0.05) is 0 Å². The third-order valence-corrected chi connectivity index (χ3v) is 6.12. The molecule has 0 radical (unpaired) electrons. The van der Waals surface area contributed by atoms with Gasteiger partial charge in [-0.2, -0.15) is 8.62 Å². The minimum Gasteiger partial charge on any atom is -0.312 e. The fourth-order valence-corrected chi connectivity index (χ4v) is 5.34. The van der Waals surface area contributed by atoms with Gasteiger partial charge < -0.3 is 14.7 Å². The van der Waals surface area contributed by atoms with Gasteiger partial charge in [0.15, 0.2) is 0 Å². The Balaban J connectivity index is 3.05. The quantitative estimate of drug-likeness (QED) is 0.426. The summed E-state index contributed by atoms with van der Waals surface area (Å²) in [6.45, 7) is 0. The minimum atomic E-state index is -4.92. The molecule has 0 spiro atoms. The molecule has 12 heavy (non-hydrogen) atoms. The summed E-state index contributed by atoms with van der Waals surface area (Å²) < 4.78 is 38.7. The number of nitrogens with one attached hydrogen (secondary N) is 1. The minimum absolute atomic E-state index is 1.13. The topological polar surface area (TPSA) is 142 Å². The first kappa shape index (κ1) is 10.5. The summed E-state index contributed by atoms with van der Waals surface area (Å²) in [4.78, 5) is 26.6. The highest BCUT2D eigenvalue weighted by atomic mass is 31.3. The van der Waals surface area contributed by atoms with Gasteiger partial charge in [-0.05, 0) is 0 Å². The Morgan fingerprint density at radius 1 is 0.917 bits per heavy atom. The molecule has 1 aliphatic rings. The van der Waals surface area contributed by atoms with E-state index >= 15 is 0 Å². The first-order chi connectivity index (χ1) is 5.12. The third kappa shape index (κ3) is 2.74. The SMILES string of the molecule is O=P1(O)NP(=O)(O)OP(=O)(O)O1. The predicted molar refractivity (Wildman–Crippen MR) is 34.8 cm³/mol. The summed E-state index contributed by atoms with van der Waals surface area (Å²) in [5.41, 5.74) is 0. The molecule has 0 saturated carbocycles. The van der Waals surface area contributed by atoms with Crippen LogP contribution in [0.4, 0.5) is 0 Å². The molecule has 9 nitrogen and oxygen atoms in total. The van der Waals surface area contributed by atoms with Gasteiger partial charge in [-0.3, -0.25) is 0 Å². The van der Waals surface area contributed by atoms with E-state index in [0.29, 0.717) is 0 Å². The first-order valence-electron chi connectivity index (χ1n) is 2.33. The van der Waals surface area contributed by atoms with Gasteiger partial charge in [0.2, 0.25) is 0 Å². The van der Waals surface area contributed by atoms with E-state index in [2.05, 4.69) is 8.62 Å². The second-order valence-corrected chi connectivity index (χ2v) is 6.90. The van der Waals surface area contributed by atoms with Crippen molar-refractivity contribution in [1.29, 1.82) is 0 Å². The highest BCUT2D eigenvalue weighted by molar-refractivity contribution is 7.78. The van der Waals surface area contributed by atoms with Crippen molar-refractivity contribution in [2.75, 3.05) is 0 Å². The Hall–Kier alpha value is 0.450. The van der Waals surface area contributed by atoms with Crippen molar-refractivity contribution >= 4 is 23.3 Å². The van der Waals surface area contributed by atoms with Crippen LogP contribution >= 0.6 is 23.3 Å². The molecule has 0 aromatic rings. The van der Waals surface area contributed by atoms with Crippen LogP contribution in [-0.4, -0.2) is 14.7 Å². The lowest BCUT2D eigenvalue weighted by molar-refractivity contribution is 0.234. The van der Waals surface area contributed by atoms with Gasteiger partial charge in [0.1, 0.15) is 0 Å². The maximum atomic E-state index is 10.5. The number of hydrogen-bond acceptors (Lipinski definition) is 5. The summed E-state index contributed by atoms with van der Waals surface area (Å²) >= 11 is 0. The van der Waals surface area contributed by atoms with E-state index in [-0.39, 0.29) is 0 Å². The molecule has 0 aromatic carbocycles. The molecule has 12 heteroatoms. The summed E-state index contributed by atoms with van der Waals surface area (Å²) in [6, 6.07) is 0. The number of phosphoric acid groups is 1. The van der Waals surface area contributed by atoms with Crippen LogP contribution in [0, 0.1) is 0 Å². The maximum absolute atomic E-state index is 10.5. The molecule has 72 valence electrons. The van der Waals surface area contributed by atoms with Crippen LogP contribution in [0.2, 0.25) is 0 Å². The van der Waals surface area contributed by atoms with E-state index in [1.807, 2.05) is 0 Å². The van der Waals surface area contributed by atoms with Gasteiger partial charge in [-0.25, -0.2) is 13.7 Å². The van der Waals surface area contributed by atoms with E-state index in [4.69, 9.17) is 14.7 Å². The van der Waals surface area contributed by atoms with Crippen molar-refractivity contribution in [3.8, 4) is 0 Å². The zero-order valence-electron chi connectivity index (χ0n) is 5.22. The fraction of sp³-hybridized carbons (Fsp3) is 0. The van der Waals surface area contributed by atoms with Crippen molar-refractivity contribution < 1.29 is 37.0 Å². The summed E-state index contributed by atoms with van der Waals surface area (Å²) in [6.07, 6.45) is 0. The van der Waals surface area contributed by atoms with Crippen LogP contribution < -0.4 is 4.86 Å². The van der Waals surface area contributed by atoms with E-state index in [1.165, 1.54) is 0 Å². The molecule has 4 N–H and O–H groups in total. The summed E-state index contributed by atoms with van der Waals surface area (Å²) in [5.74, 6) is 0. The zero-order chi connectivity index (χ0) is 9.62. The van der Waals surface area contributed by atoms with Crippen molar-refractivity contribution in [3.05, 3.63) is 0 Å². The van der Waals surface area contributed by atoms with Crippen molar-refractivity contribution in [3.63, 3.8) is 0 Å². The largest absolute Gasteiger partial charge is 0.488 e. The number of rotatable bonds is 0. The zero-order valence-corrected chi connectivity index (χ0v) is 7.91. The van der Waals surface area contributed by atoms with Crippen molar-refractivity contribution in [2.24, 2.45) is 0 Å². The van der Waals surface area contributed by atoms with E-state index in [0.717, 1.165) is 4.86 Å². The Bertz CT molecular complexity index is 259. The van der Waals surface area contributed by atoms with Crippen molar-refractivity contribution in [2.45, 2.75) is 0 Å². The lowest BCUT2D eigenvalue weighted by atomic mass is 13.9. The standard InChI is InChI=1S/H4NO8P3/c2-10(3)1-11(4,5)9-12(6,7)8-10/h(H,6,7)(H3,1,2,3,4,5). The molecule has 1 heterocycles. The van der Waals surface area contributed by atoms with Crippen LogP contribution in [0.5, 0.6) is 0 Å². The third-order valence-electron chi connectivity index (χ3n) is 0.680. The summed E-state index contributed by atoms with van der Waals surface area (Å²) in [7, 11) is -14.4. The van der Waals surface area contributed by atoms with E-state index < -0.39 is 23.3 Å². The lowest BCUT2D eigenvalue weighted by Gasteiger charge is -2.25. The molecule has 0 aliphatic carbocycles. The van der Waals surface area contributed by atoms with Gasteiger partial charge >= 0.3 is 23.3 Å². The van der Waals surface area contributed by atoms with Gasteiger partial charge in [0.05, 0.1) is 0 Å². The first-order valence-corrected chi connectivity index (χ1v) is 6.98. The Kier molecular flexibility index (Phi) is 2.38. The average Bonchev–Trinajstić information content (AvgIpc) is 1.44. The maximum Gasteiger partial charge on any atom is 0.488 e. The van der Waals surface area contributed by atoms with E-state index in [9.17, 15) is 13.7 Å². The molecular weight excluding hydrogens is 235 g/mol. The second-order valence-electron chi connectivity index (χ2n) is 1.77. The molecule has 2 unspecified atom stereocenters. The predicted octanol–water partition coefficient (Wildman–Crippen LogP) is -0.0760. The Morgan fingerprint density at radius 3 is 1.50 bits per heavy atom. The molecule has 0 bridgehead atoms. The Labute approximate surface area is 66.1 Å². The molecule has 1 saturated heterocycles. The van der Waals surface area contributed by atoms with Gasteiger partial charge in [-0.1, -0.05) is 0 Å².